The normalized spacial score (nSPS) is 26.2. The number of nitrogens with one attached hydrogen (secondary N) is 9. The highest BCUT2D eigenvalue weighted by molar-refractivity contribution is 5.94. The number of carbonyl (C=O) groups excluding carboxylic acids is 10. The summed E-state index contributed by atoms with van der Waals surface area (Å²) in [5.41, 5.74) is 11.1. The summed E-state index contributed by atoms with van der Waals surface area (Å²) in [5.74, 6) is -9.51. The van der Waals surface area contributed by atoms with Gasteiger partial charge in [0.2, 0.25) is 59.1 Å². The Labute approximate surface area is 442 Å². The molecule has 0 aliphatic carbocycles. The van der Waals surface area contributed by atoms with Crippen molar-refractivity contribution in [1.82, 2.24) is 47.9 Å². The lowest BCUT2D eigenvalue weighted by molar-refractivity contribution is -0.333. The Kier molecular flexibility index (Phi) is 27.7. The van der Waals surface area contributed by atoms with Crippen LogP contribution in [0.5, 0.6) is 0 Å². The van der Waals surface area contributed by atoms with Crippen molar-refractivity contribution in [3.8, 4) is 0 Å². The predicted molar refractivity (Wildman–Crippen MR) is 261 cm³/mol. The Morgan fingerprint density at radius 2 is 1.12 bits per heavy atom. The second-order valence-corrected chi connectivity index (χ2v) is 18.7. The molecule has 2 aliphatic heterocycles. The molecule has 2 fully saturated rings. The van der Waals surface area contributed by atoms with Crippen molar-refractivity contribution in [3.63, 3.8) is 0 Å². The lowest BCUT2D eigenvalue weighted by Gasteiger charge is -2.48. The van der Waals surface area contributed by atoms with E-state index < -0.39 is 201 Å². The zero-order valence-electron chi connectivity index (χ0n) is 44.0. The van der Waals surface area contributed by atoms with Crippen LogP contribution in [0.3, 0.4) is 0 Å². The summed E-state index contributed by atoms with van der Waals surface area (Å²) in [6, 6.07) is -11.7. The molecule has 0 bridgehead atoms. The van der Waals surface area contributed by atoms with Crippen LogP contribution in [0.15, 0.2) is 0 Å². The molecule has 18 atom stereocenters. The largest absolute Gasteiger partial charge is 0.480 e. The van der Waals surface area contributed by atoms with Gasteiger partial charge in [-0.3, -0.25) is 52.7 Å². The number of primary amides is 1. The minimum Gasteiger partial charge on any atom is -0.480 e. The number of carbonyl (C=O) groups is 11. The smallest absolute Gasteiger partial charge is 0.325 e. The van der Waals surface area contributed by atoms with Gasteiger partial charge in [-0.1, -0.05) is 0 Å². The van der Waals surface area contributed by atoms with E-state index in [9.17, 15) is 78.3 Å². The molecule has 32 nitrogen and oxygen atoms in total. The minimum atomic E-state index is -1.91. The number of ether oxygens (including phenoxy) is 4. The number of carboxylic acid groups (broad SMARTS) is 1. The fraction of sp³-hybridized carbons (Fsp3) is 0.756. The first-order valence-electron chi connectivity index (χ1n) is 24.7. The number of carboxylic acids is 1. The number of aliphatic hydroxyl groups is 5. The van der Waals surface area contributed by atoms with Crippen molar-refractivity contribution < 1.29 is 102 Å². The van der Waals surface area contributed by atoms with Crippen LogP contribution in [0, 0.1) is 0 Å². The van der Waals surface area contributed by atoms with Gasteiger partial charge in [0.25, 0.3) is 0 Å². The number of nitrogens with two attached hydrogens (primary N) is 2. The van der Waals surface area contributed by atoms with Crippen LogP contribution in [-0.2, 0) is 71.7 Å². The van der Waals surface area contributed by atoms with E-state index >= 15 is 0 Å². The third-order valence-electron chi connectivity index (χ3n) is 12.1. The number of amides is 10. The number of hydrogen-bond donors (Lipinski definition) is 17. The molecule has 0 aromatic carbocycles. The van der Waals surface area contributed by atoms with Gasteiger partial charge in [-0.15, -0.1) is 0 Å². The SMILES string of the molecule is CC(=O)NC1C(OC2C(CO)OC(O)C(NC(C)=O)C2OC(C)C(=O)NC(C)C(=O)NC(CCC(=O)NC(CCCCNC(=O)C(C)NC(=O)C(C)N)C(=O)NC(C)C(=O)NC(C)C(=O)O)C(N)=O)OC(CO)C(O)C1O. The molecule has 0 spiro atoms. The summed E-state index contributed by atoms with van der Waals surface area (Å²) >= 11 is 0. The van der Waals surface area contributed by atoms with Gasteiger partial charge >= 0.3 is 5.97 Å². The summed E-state index contributed by atoms with van der Waals surface area (Å²) in [5, 5.41) is 83.2. The first-order chi connectivity index (χ1) is 35.9. The molecule has 32 heteroatoms. The molecule has 0 aromatic rings. The number of aliphatic hydroxyl groups excluding tert-OH is 5. The van der Waals surface area contributed by atoms with E-state index in [1.54, 1.807) is 0 Å². The number of hydrogen-bond acceptors (Lipinski definition) is 21. The van der Waals surface area contributed by atoms with E-state index in [-0.39, 0.29) is 25.8 Å². The lowest BCUT2D eigenvalue weighted by Crippen LogP contribution is -2.70. The molecule has 2 rings (SSSR count). The Morgan fingerprint density at radius 1 is 0.584 bits per heavy atom. The van der Waals surface area contributed by atoms with Crippen LogP contribution in [0.25, 0.3) is 0 Å². The summed E-state index contributed by atoms with van der Waals surface area (Å²) in [4.78, 5) is 139. The van der Waals surface area contributed by atoms with E-state index in [1.807, 2.05) is 0 Å². The molecular formula is C45H77N11O21. The number of unbranched alkanes of at least 4 members (excludes halogenated alkanes) is 1. The molecule has 19 N–H and O–H groups in total. The van der Waals surface area contributed by atoms with Gasteiger partial charge in [0.1, 0.15) is 91.1 Å². The van der Waals surface area contributed by atoms with Gasteiger partial charge in [0.05, 0.1) is 19.3 Å². The van der Waals surface area contributed by atoms with Gasteiger partial charge < -0.3 is 109 Å². The molecule has 2 heterocycles. The Hall–Kier alpha value is -6.23. The zero-order chi connectivity index (χ0) is 58.6. The summed E-state index contributed by atoms with van der Waals surface area (Å²) in [6.45, 7) is 8.27. The average molecular weight is 1110 g/mol. The topological polar surface area (TPSA) is 506 Å². The standard InChI is InChI=1S/C45H77N11O21/c1-17(46)37(65)49-18(2)38(66)48-14-10-9-11-26(42(70)51-19(3)39(67)52-21(5)43(71)72)55-29(61)13-12-25(36(47)64)56-40(68)20(4)50-41(69)22(6)74-35-31(54-24(8)60)44(73)75-28(16-58)34(35)77-45-30(53-23(7)59)33(63)32(62)27(15-57)76-45/h17-22,25-28,30-35,44-45,57-58,62-63,73H,9-16,46H2,1-8H3,(H2,47,64)(H,48,66)(H,49,65)(H,50,69)(H,51,70)(H,52,67)(H,53,59)(H,54,60)(H,55,61)(H,56,68)(H,71,72). The van der Waals surface area contributed by atoms with Crippen LogP contribution < -0.4 is 59.3 Å². The van der Waals surface area contributed by atoms with E-state index in [0.717, 1.165) is 13.8 Å². The molecule has 10 amide bonds. The molecule has 2 aliphatic rings. The third kappa shape index (κ3) is 21.3. The van der Waals surface area contributed by atoms with Crippen molar-refractivity contribution in [3.05, 3.63) is 0 Å². The second kappa shape index (κ2) is 31.9. The van der Waals surface area contributed by atoms with Crippen LogP contribution >= 0.6 is 0 Å². The third-order valence-corrected chi connectivity index (χ3v) is 12.1. The first-order valence-corrected chi connectivity index (χ1v) is 24.7. The van der Waals surface area contributed by atoms with Crippen molar-refractivity contribution in [1.29, 1.82) is 0 Å². The van der Waals surface area contributed by atoms with Crippen LogP contribution in [-0.4, -0.2) is 225 Å². The molecule has 2 saturated heterocycles. The molecule has 77 heavy (non-hydrogen) atoms. The maximum Gasteiger partial charge on any atom is 0.325 e. The first kappa shape index (κ1) is 66.9. The maximum atomic E-state index is 13.6. The average Bonchev–Trinajstić information content (AvgIpc) is 3.35. The van der Waals surface area contributed by atoms with Crippen LogP contribution in [0.4, 0.5) is 0 Å². The zero-order valence-corrected chi connectivity index (χ0v) is 44.0. The van der Waals surface area contributed by atoms with Gasteiger partial charge in [0.15, 0.2) is 12.6 Å². The Bertz CT molecular complexity index is 2070. The molecule has 0 aromatic heterocycles. The maximum absolute atomic E-state index is 13.6. The van der Waals surface area contributed by atoms with Crippen molar-refractivity contribution in [2.75, 3.05) is 19.8 Å². The molecule has 18 unspecified atom stereocenters. The van der Waals surface area contributed by atoms with Crippen molar-refractivity contribution >= 4 is 65.0 Å². The number of rotatable bonds is 30. The molecule has 0 saturated carbocycles. The quantitative estimate of drug-likeness (QED) is 0.0297. The van der Waals surface area contributed by atoms with Crippen LogP contribution in [0.2, 0.25) is 0 Å². The highest BCUT2D eigenvalue weighted by atomic mass is 16.7. The summed E-state index contributed by atoms with van der Waals surface area (Å²) < 4.78 is 23.2. The fourth-order valence-corrected chi connectivity index (χ4v) is 7.64. The minimum absolute atomic E-state index is 0.0630. The highest BCUT2D eigenvalue weighted by Gasteiger charge is 2.53. The van der Waals surface area contributed by atoms with Crippen molar-refractivity contribution in [2.45, 2.75) is 197 Å². The van der Waals surface area contributed by atoms with Gasteiger partial charge in [0, 0.05) is 26.8 Å². The molecular weight excluding hydrogens is 1030 g/mol. The van der Waals surface area contributed by atoms with Gasteiger partial charge in [-0.2, -0.15) is 0 Å². The monoisotopic (exact) mass is 1110 g/mol. The lowest BCUT2D eigenvalue weighted by atomic mass is 9.94. The summed E-state index contributed by atoms with van der Waals surface area (Å²) in [6.07, 6.45) is -15.6. The Balaban J connectivity index is 2.20. The molecule has 0 radical (unpaired) electrons. The highest BCUT2D eigenvalue weighted by Crippen LogP contribution is 2.31. The van der Waals surface area contributed by atoms with E-state index in [1.165, 1.54) is 41.5 Å². The van der Waals surface area contributed by atoms with E-state index in [2.05, 4.69) is 47.9 Å². The van der Waals surface area contributed by atoms with Gasteiger partial charge in [-0.25, -0.2) is 0 Å². The predicted octanol–water partition coefficient (Wildman–Crippen LogP) is -8.72. The fourth-order valence-electron chi connectivity index (χ4n) is 7.64. The van der Waals surface area contributed by atoms with Crippen LogP contribution in [0.1, 0.15) is 87.5 Å². The number of aliphatic carboxylic acids is 1. The summed E-state index contributed by atoms with van der Waals surface area (Å²) in [7, 11) is 0. The second-order valence-electron chi connectivity index (χ2n) is 18.7. The Morgan fingerprint density at radius 3 is 1.66 bits per heavy atom. The van der Waals surface area contributed by atoms with Gasteiger partial charge in [-0.05, 0) is 67.2 Å². The molecule has 438 valence electrons. The van der Waals surface area contributed by atoms with E-state index in [0.29, 0.717) is 0 Å². The van der Waals surface area contributed by atoms with E-state index in [4.69, 9.17) is 35.5 Å². The van der Waals surface area contributed by atoms with Crippen molar-refractivity contribution in [2.24, 2.45) is 11.5 Å².